The molecule has 0 amide bonds. The maximum absolute atomic E-state index is 5.17. The van der Waals surface area contributed by atoms with Gasteiger partial charge in [0, 0.05) is 25.4 Å². The molecule has 4 nitrogen and oxygen atoms in total. The summed E-state index contributed by atoms with van der Waals surface area (Å²) in [5.41, 5.74) is 1.06. The number of rotatable bonds is 9. The van der Waals surface area contributed by atoms with Crippen LogP contribution < -0.4 is 5.32 Å². The maximum Gasteiger partial charge on any atom is 0.203 e. The average molecular weight is 281 g/mol. The molecular weight excluding hydrogens is 250 g/mol. The molecule has 0 aliphatic heterocycles. The Hall–Kier alpha value is -1.03. The van der Waals surface area contributed by atoms with Gasteiger partial charge in [0.05, 0.1) is 12.3 Å². The molecule has 1 aromatic rings. The third kappa shape index (κ3) is 5.53. The van der Waals surface area contributed by atoms with Crippen molar-refractivity contribution in [1.82, 2.24) is 9.55 Å². The Kier molecular flexibility index (Phi) is 7.06. The van der Waals surface area contributed by atoms with Crippen LogP contribution in [0, 0.1) is 12.8 Å². The van der Waals surface area contributed by atoms with Gasteiger partial charge in [-0.1, -0.05) is 26.7 Å². The van der Waals surface area contributed by atoms with Gasteiger partial charge in [-0.25, -0.2) is 4.98 Å². The summed E-state index contributed by atoms with van der Waals surface area (Å²) in [5.74, 6) is 1.75. The Balaban J connectivity index is 2.63. The first-order valence-electron chi connectivity index (χ1n) is 7.75. The van der Waals surface area contributed by atoms with Gasteiger partial charge in [0.2, 0.25) is 5.95 Å². The van der Waals surface area contributed by atoms with E-state index in [2.05, 4.69) is 48.8 Å². The van der Waals surface area contributed by atoms with E-state index in [0.29, 0.717) is 12.6 Å². The van der Waals surface area contributed by atoms with Crippen LogP contribution in [0.15, 0.2) is 6.20 Å². The molecule has 0 spiro atoms. The molecule has 0 radical (unpaired) electrons. The number of methoxy groups -OCH3 is 1. The lowest BCUT2D eigenvalue weighted by Crippen LogP contribution is -2.23. The molecule has 2 unspecified atom stereocenters. The number of hydrogen-bond donors (Lipinski definition) is 1. The highest BCUT2D eigenvalue weighted by Crippen LogP contribution is 2.22. The first-order valence-corrected chi connectivity index (χ1v) is 7.75. The van der Waals surface area contributed by atoms with Crippen LogP contribution in [0.3, 0.4) is 0 Å². The number of hydrogen-bond acceptors (Lipinski definition) is 3. The minimum atomic E-state index is 0.267. The largest absolute Gasteiger partial charge is 0.383 e. The Morgan fingerprint density at radius 2 is 1.95 bits per heavy atom. The van der Waals surface area contributed by atoms with Crippen LogP contribution in [-0.4, -0.2) is 29.3 Å². The summed E-state index contributed by atoms with van der Waals surface area (Å²) < 4.78 is 7.44. The van der Waals surface area contributed by atoms with E-state index < -0.39 is 0 Å². The monoisotopic (exact) mass is 281 g/mol. The molecule has 1 rings (SSSR count). The molecule has 0 saturated heterocycles. The van der Waals surface area contributed by atoms with E-state index in [1.165, 1.54) is 19.3 Å². The lowest BCUT2D eigenvalue weighted by atomic mass is 10.0. The molecule has 0 aliphatic rings. The second-order valence-corrected chi connectivity index (χ2v) is 6.29. The van der Waals surface area contributed by atoms with Crippen molar-refractivity contribution in [3.8, 4) is 0 Å². The zero-order chi connectivity index (χ0) is 15.1. The molecule has 2 atom stereocenters. The van der Waals surface area contributed by atoms with E-state index in [4.69, 9.17) is 4.74 Å². The summed E-state index contributed by atoms with van der Waals surface area (Å²) in [4.78, 5) is 4.59. The maximum atomic E-state index is 5.17. The highest BCUT2D eigenvalue weighted by atomic mass is 16.5. The Labute approximate surface area is 123 Å². The van der Waals surface area contributed by atoms with Gasteiger partial charge in [-0.3, -0.25) is 0 Å². The van der Waals surface area contributed by atoms with Gasteiger partial charge in [0.1, 0.15) is 0 Å². The molecule has 116 valence electrons. The Bertz CT molecular complexity index is 387. The minimum absolute atomic E-state index is 0.267. The number of nitrogens with one attached hydrogen (secondary N) is 1. The third-order valence-corrected chi connectivity index (χ3v) is 3.52. The summed E-state index contributed by atoms with van der Waals surface area (Å²) in [5, 5.41) is 3.44. The lowest BCUT2D eigenvalue weighted by molar-refractivity contribution is 0.190. The average Bonchev–Trinajstić information content (AvgIpc) is 2.69. The van der Waals surface area contributed by atoms with Crippen molar-refractivity contribution < 1.29 is 4.74 Å². The molecule has 0 saturated carbocycles. The smallest absolute Gasteiger partial charge is 0.203 e. The minimum Gasteiger partial charge on any atom is -0.383 e. The van der Waals surface area contributed by atoms with E-state index in [0.717, 1.165) is 17.6 Å². The van der Waals surface area contributed by atoms with Gasteiger partial charge in [0.15, 0.2) is 0 Å². The molecule has 0 aliphatic carbocycles. The van der Waals surface area contributed by atoms with Gasteiger partial charge in [-0.15, -0.1) is 0 Å². The summed E-state index contributed by atoms with van der Waals surface area (Å²) in [6.07, 6.45) is 5.90. The van der Waals surface area contributed by atoms with Crippen LogP contribution in [0.2, 0.25) is 0 Å². The summed E-state index contributed by atoms with van der Waals surface area (Å²) in [7, 11) is 1.73. The second-order valence-electron chi connectivity index (χ2n) is 6.29. The Morgan fingerprint density at radius 1 is 1.25 bits per heavy atom. The summed E-state index contributed by atoms with van der Waals surface area (Å²) >= 11 is 0. The fraction of sp³-hybridized carbons (Fsp3) is 0.812. The quantitative estimate of drug-likeness (QED) is 0.743. The molecule has 20 heavy (non-hydrogen) atoms. The van der Waals surface area contributed by atoms with E-state index in [1.54, 1.807) is 7.11 Å². The number of nitrogens with zero attached hydrogens (tertiary/aromatic N) is 2. The van der Waals surface area contributed by atoms with Crippen LogP contribution in [-0.2, 0) is 4.74 Å². The molecule has 0 fully saturated rings. The molecule has 1 aromatic heterocycles. The van der Waals surface area contributed by atoms with Crippen LogP contribution in [0.4, 0.5) is 5.95 Å². The van der Waals surface area contributed by atoms with Gasteiger partial charge in [-0.05, 0) is 33.1 Å². The first kappa shape index (κ1) is 17.0. The summed E-state index contributed by atoms with van der Waals surface area (Å²) in [6, 6.07) is 0.746. The van der Waals surface area contributed by atoms with E-state index in [1.807, 2.05) is 6.92 Å². The van der Waals surface area contributed by atoms with Gasteiger partial charge in [-0.2, -0.15) is 0 Å². The van der Waals surface area contributed by atoms with Crippen molar-refractivity contribution in [2.45, 2.75) is 66.0 Å². The van der Waals surface area contributed by atoms with E-state index in [9.17, 15) is 0 Å². The second kappa shape index (κ2) is 8.30. The standard InChI is InChI=1S/C16H31N3O/c1-12(2)8-7-9-15(5)19-10-13(3)17-16(19)18-14(4)11-20-6/h10,12,14-15H,7-9,11H2,1-6H3,(H,17,18). The SMILES string of the molecule is COCC(C)Nc1nc(C)cn1C(C)CCCC(C)C. The predicted octanol–water partition coefficient (Wildman–Crippen LogP) is 4.03. The fourth-order valence-electron chi connectivity index (χ4n) is 2.43. The molecule has 1 N–H and O–H groups in total. The topological polar surface area (TPSA) is 39.1 Å². The molecule has 4 heteroatoms. The number of ether oxygens (including phenoxy) is 1. The number of imidazole rings is 1. The van der Waals surface area contributed by atoms with Crippen LogP contribution in [0.25, 0.3) is 0 Å². The van der Waals surface area contributed by atoms with Crippen molar-refractivity contribution >= 4 is 5.95 Å². The van der Waals surface area contributed by atoms with E-state index in [-0.39, 0.29) is 6.04 Å². The van der Waals surface area contributed by atoms with E-state index >= 15 is 0 Å². The highest BCUT2D eigenvalue weighted by Gasteiger charge is 2.13. The number of aromatic nitrogens is 2. The number of anilines is 1. The van der Waals surface area contributed by atoms with Gasteiger partial charge >= 0.3 is 0 Å². The molecule has 1 heterocycles. The normalized spacial score (nSPS) is 14.6. The highest BCUT2D eigenvalue weighted by molar-refractivity contribution is 5.30. The Morgan fingerprint density at radius 3 is 2.55 bits per heavy atom. The van der Waals surface area contributed by atoms with Crippen LogP contribution >= 0.6 is 0 Å². The zero-order valence-corrected chi connectivity index (χ0v) is 13.9. The predicted molar refractivity (Wildman–Crippen MR) is 85.3 cm³/mol. The third-order valence-electron chi connectivity index (χ3n) is 3.52. The fourth-order valence-corrected chi connectivity index (χ4v) is 2.43. The number of aryl methyl sites for hydroxylation is 1. The molecule has 0 bridgehead atoms. The molecule has 0 aromatic carbocycles. The lowest BCUT2D eigenvalue weighted by Gasteiger charge is -2.20. The van der Waals surface area contributed by atoms with Crippen LogP contribution in [0.1, 0.15) is 58.7 Å². The van der Waals surface area contributed by atoms with Crippen molar-refractivity contribution in [2.24, 2.45) is 5.92 Å². The molecular formula is C16H31N3O. The van der Waals surface area contributed by atoms with Crippen LogP contribution in [0.5, 0.6) is 0 Å². The summed E-state index contributed by atoms with van der Waals surface area (Å²) in [6.45, 7) is 11.7. The zero-order valence-electron chi connectivity index (χ0n) is 13.9. The van der Waals surface area contributed by atoms with Crippen molar-refractivity contribution in [1.29, 1.82) is 0 Å². The first-order chi connectivity index (χ1) is 9.43. The van der Waals surface area contributed by atoms with Crippen molar-refractivity contribution in [2.75, 3.05) is 19.0 Å². The van der Waals surface area contributed by atoms with Crippen molar-refractivity contribution in [3.63, 3.8) is 0 Å². The van der Waals surface area contributed by atoms with Crippen molar-refractivity contribution in [3.05, 3.63) is 11.9 Å². The van der Waals surface area contributed by atoms with Gasteiger partial charge in [0.25, 0.3) is 0 Å². The van der Waals surface area contributed by atoms with Gasteiger partial charge < -0.3 is 14.6 Å².